The van der Waals surface area contributed by atoms with Crippen LogP contribution in [-0.4, -0.2) is 33.4 Å². The van der Waals surface area contributed by atoms with Crippen molar-refractivity contribution in [3.63, 3.8) is 0 Å². The van der Waals surface area contributed by atoms with Crippen molar-refractivity contribution in [2.45, 2.75) is 23.9 Å². The maximum Gasteiger partial charge on any atom is 0.253 e. The Balaban J connectivity index is 1.60. The number of amides is 2. The van der Waals surface area contributed by atoms with Crippen LogP contribution in [0.5, 0.6) is 0 Å². The molecule has 1 aromatic heterocycles. The van der Waals surface area contributed by atoms with Gasteiger partial charge < -0.3 is 9.84 Å². The summed E-state index contributed by atoms with van der Waals surface area (Å²) in [5, 5.41) is 6.55. The summed E-state index contributed by atoms with van der Waals surface area (Å²) in [6.45, 7) is -0.0621. The maximum atomic E-state index is 13.1. The molecule has 0 fully saturated rings. The lowest BCUT2D eigenvalue weighted by Gasteiger charge is -2.38. The summed E-state index contributed by atoms with van der Waals surface area (Å²) >= 11 is 12.5. The number of halogens is 2. The van der Waals surface area contributed by atoms with Crippen LogP contribution in [0.1, 0.15) is 27.7 Å². The highest BCUT2D eigenvalue weighted by Crippen LogP contribution is 2.37. The fourth-order valence-corrected chi connectivity index (χ4v) is 4.19. The van der Waals surface area contributed by atoms with Crippen molar-refractivity contribution in [2.75, 3.05) is 0 Å². The standard InChI is InChI=1S/C19H16Cl2N4O4/c20-10-5-6-13(14(21)7-10)17-16(11-3-1-2-4-12(11)18(26)23-17)19(27)25-28-8-15-22-9-29-24-15/h1-7,9,13-14,16-17H,8H2,(H,23,26)(H,25,27)/t13?,14?,16-,17+/m1/s1. The van der Waals surface area contributed by atoms with Crippen LogP contribution in [0.2, 0.25) is 0 Å². The lowest BCUT2D eigenvalue weighted by molar-refractivity contribution is -0.137. The Bertz CT molecular complexity index is 976. The second-order valence-corrected chi connectivity index (χ2v) is 7.54. The highest BCUT2D eigenvalue weighted by Gasteiger charge is 2.43. The number of carbonyl (C=O) groups is 2. The molecule has 10 heteroatoms. The van der Waals surface area contributed by atoms with E-state index in [4.69, 9.17) is 28.0 Å². The summed E-state index contributed by atoms with van der Waals surface area (Å²) < 4.78 is 4.62. The minimum atomic E-state index is -0.727. The van der Waals surface area contributed by atoms with Crippen LogP contribution in [0.15, 0.2) is 58.4 Å². The molecule has 2 heterocycles. The van der Waals surface area contributed by atoms with Gasteiger partial charge in [0.1, 0.15) is 6.61 Å². The van der Waals surface area contributed by atoms with E-state index in [9.17, 15) is 9.59 Å². The first-order chi connectivity index (χ1) is 14.0. The van der Waals surface area contributed by atoms with Gasteiger partial charge in [-0.15, -0.1) is 11.6 Å². The van der Waals surface area contributed by atoms with Crippen molar-refractivity contribution < 1.29 is 18.9 Å². The molecule has 1 aromatic carbocycles. The number of hydroxylamine groups is 1. The van der Waals surface area contributed by atoms with Crippen LogP contribution >= 0.6 is 23.2 Å². The number of carbonyl (C=O) groups excluding carboxylic acids is 2. The van der Waals surface area contributed by atoms with Gasteiger partial charge in [0, 0.05) is 16.5 Å². The summed E-state index contributed by atoms with van der Waals surface area (Å²) in [5.74, 6) is -1.47. The lowest BCUT2D eigenvalue weighted by Crippen LogP contribution is -2.54. The fourth-order valence-electron chi connectivity index (χ4n) is 3.54. The number of benzene rings is 1. The zero-order valence-electron chi connectivity index (χ0n) is 14.9. The topological polar surface area (TPSA) is 106 Å². The summed E-state index contributed by atoms with van der Waals surface area (Å²) in [6, 6.07) is 6.36. The number of hydrogen-bond acceptors (Lipinski definition) is 6. The number of nitrogens with zero attached hydrogens (tertiary/aromatic N) is 2. The highest BCUT2D eigenvalue weighted by atomic mass is 35.5. The fraction of sp³-hybridized carbons (Fsp3) is 0.263. The van der Waals surface area contributed by atoms with Gasteiger partial charge in [0.15, 0.2) is 5.82 Å². The monoisotopic (exact) mass is 434 g/mol. The van der Waals surface area contributed by atoms with Gasteiger partial charge >= 0.3 is 0 Å². The van der Waals surface area contributed by atoms with E-state index in [2.05, 4.69) is 25.5 Å². The SMILES string of the molecule is O=C1N[C@@H](C2C=CC(Cl)=CC2Cl)[C@H](C(=O)NOCc2ncon2)c2ccccc21. The number of alkyl halides is 1. The molecule has 8 nitrogen and oxygen atoms in total. The maximum absolute atomic E-state index is 13.1. The average molecular weight is 435 g/mol. The molecule has 2 aliphatic rings. The molecule has 4 rings (SSSR count). The van der Waals surface area contributed by atoms with Crippen LogP contribution in [-0.2, 0) is 16.2 Å². The first-order valence-corrected chi connectivity index (χ1v) is 9.62. The van der Waals surface area contributed by atoms with Gasteiger partial charge in [0.05, 0.1) is 17.3 Å². The van der Waals surface area contributed by atoms with Crippen molar-refractivity contribution in [1.82, 2.24) is 20.9 Å². The van der Waals surface area contributed by atoms with Gasteiger partial charge in [-0.2, -0.15) is 4.98 Å². The van der Waals surface area contributed by atoms with Crippen molar-refractivity contribution in [3.8, 4) is 0 Å². The minimum absolute atomic E-state index is 0.0621. The number of hydrogen-bond donors (Lipinski definition) is 2. The van der Waals surface area contributed by atoms with E-state index in [1.807, 2.05) is 0 Å². The van der Waals surface area contributed by atoms with E-state index in [1.54, 1.807) is 42.5 Å². The Morgan fingerprint density at radius 2 is 2.17 bits per heavy atom. The van der Waals surface area contributed by atoms with E-state index in [0.29, 0.717) is 16.2 Å². The van der Waals surface area contributed by atoms with Crippen molar-refractivity contribution in [1.29, 1.82) is 0 Å². The molecule has 2 N–H and O–H groups in total. The highest BCUT2D eigenvalue weighted by molar-refractivity contribution is 6.32. The smallest absolute Gasteiger partial charge is 0.253 e. The molecule has 0 bridgehead atoms. The van der Waals surface area contributed by atoms with Crippen molar-refractivity contribution in [3.05, 3.63) is 70.9 Å². The Kier molecular flexibility index (Phi) is 5.66. The molecule has 2 aromatic rings. The Hall–Kier alpha value is -2.68. The van der Waals surface area contributed by atoms with Crippen LogP contribution in [0.3, 0.4) is 0 Å². The van der Waals surface area contributed by atoms with Gasteiger partial charge in [-0.3, -0.25) is 14.4 Å². The predicted molar refractivity (Wildman–Crippen MR) is 104 cm³/mol. The zero-order chi connectivity index (χ0) is 20.4. The van der Waals surface area contributed by atoms with Gasteiger partial charge in [-0.25, -0.2) is 5.48 Å². The third kappa shape index (κ3) is 4.05. The molecule has 0 radical (unpaired) electrons. The third-order valence-corrected chi connectivity index (χ3v) is 5.51. The Labute approximate surface area is 175 Å². The van der Waals surface area contributed by atoms with Crippen LogP contribution in [0.25, 0.3) is 0 Å². The average Bonchev–Trinajstić information content (AvgIpc) is 3.21. The molecular formula is C19H16Cl2N4O4. The quantitative estimate of drug-likeness (QED) is 0.552. The van der Waals surface area contributed by atoms with Gasteiger partial charge in [0.2, 0.25) is 6.39 Å². The predicted octanol–water partition coefficient (Wildman–Crippen LogP) is 2.43. The van der Waals surface area contributed by atoms with Gasteiger partial charge in [-0.1, -0.05) is 41.0 Å². The second kappa shape index (κ2) is 8.36. The van der Waals surface area contributed by atoms with Crippen LogP contribution in [0.4, 0.5) is 0 Å². The van der Waals surface area contributed by atoms with E-state index < -0.39 is 23.2 Å². The number of allylic oxidation sites excluding steroid dienone is 3. The molecular weight excluding hydrogens is 419 g/mol. The summed E-state index contributed by atoms with van der Waals surface area (Å²) in [7, 11) is 0. The molecule has 150 valence electrons. The van der Waals surface area contributed by atoms with E-state index in [0.717, 1.165) is 6.39 Å². The minimum Gasteiger partial charge on any atom is -0.347 e. The molecule has 0 spiro atoms. The number of nitrogens with one attached hydrogen (secondary N) is 2. The zero-order valence-corrected chi connectivity index (χ0v) is 16.4. The first-order valence-electron chi connectivity index (χ1n) is 8.81. The number of aromatic nitrogens is 2. The normalized spacial score (nSPS) is 25.7. The number of fused-ring (bicyclic) bond motifs is 1. The van der Waals surface area contributed by atoms with E-state index in [-0.39, 0.29) is 24.3 Å². The Morgan fingerprint density at radius 3 is 2.93 bits per heavy atom. The molecule has 29 heavy (non-hydrogen) atoms. The molecule has 2 amide bonds. The first kappa shape index (κ1) is 19.6. The molecule has 2 unspecified atom stereocenters. The van der Waals surface area contributed by atoms with E-state index in [1.165, 1.54) is 0 Å². The summed E-state index contributed by atoms with van der Waals surface area (Å²) in [5.41, 5.74) is 3.45. The molecule has 0 saturated heterocycles. The second-order valence-electron chi connectivity index (χ2n) is 6.60. The third-order valence-electron chi connectivity index (χ3n) is 4.84. The molecule has 1 aliphatic carbocycles. The lowest BCUT2D eigenvalue weighted by atomic mass is 9.76. The van der Waals surface area contributed by atoms with Gasteiger partial charge in [-0.05, 0) is 23.8 Å². The van der Waals surface area contributed by atoms with Crippen molar-refractivity contribution in [2.24, 2.45) is 5.92 Å². The summed E-state index contributed by atoms with van der Waals surface area (Å²) in [6.07, 6.45) is 6.36. The largest absolute Gasteiger partial charge is 0.347 e. The Morgan fingerprint density at radius 1 is 1.34 bits per heavy atom. The van der Waals surface area contributed by atoms with E-state index >= 15 is 0 Å². The van der Waals surface area contributed by atoms with Crippen LogP contribution in [0, 0.1) is 5.92 Å². The van der Waals surface area contributed by atoms with Crippen molar-refractivity contribution >= 4 is 35.0 Å². The van der Waals surface area contributed by atoms with Crippen LogP contribution < -0.4 is 10.8 Å². The summed E-state index contributed by atoms with van der Waals surface area (Å²) in [4.78, 5) is 34.8. The molecule has 0 saturated carbocycles. The number of rotatable bonds is 5. The molecule has 4 atom stereocenters. The van der Waals surface area contributed by atoms with Gasteiger partial charge in [0.25, 0.3) is 11.8 Å². The molecule has 1 aliphatic heterocycles.